The highest BCUT2D eigenvalue weighted by Gasteiger charge is 1.88. The van der Waals surface area contributed by atoms with Gasteiger partial charge in [0.15, 0.2) is 0 Å². The highest BCUT2D eigenvalue weighted by atomic mass is 16.5. The molecule has 0 amide bonds. The molecular formula is C8H22N2O3. The van der Waals surface area contributed by atoms with Gasteiger partial charge < -0.3 is 20.9 Å². The van der Waals surface area contributed by atoms with Gasteiger partial charge in [0.2, 0.25) is 0 Å². The second-order valence-electron chi connectivity index (χ2n) is 2.76. The van der Waals surface area contributed by atoms with Gasteiger partial charge in [0.25, 0.3) is 0 Å². The van der Waals surface area contributed by atoms with E-state index in [0.29, 0.717) is 13.0 Å². The van der Waals surface area contributed by atoms with Crippen molar-refractivity contribution in [2.24, 2.45) is 0 Å². The van der Waals surface area contributed by atoms with Gasteiger partial charge in [-0.1, -0.05) is 0 Å². The molecule has 0 aromatic carbocycles. The molecular weight excluding hydrogens is 172 g/mol. The average Bonchev–Trinajstić information content (AvgIpc) is 1.86. The van der Waals surface area contributed by atoms with Gasteiger partial charge in [-0.15, -0.1) is 0 Å². The molecule has 0 saturated heterocycles. The third-order valence-electron chi connectivity index (χ3n) is 0.608. The SMILES string of the molecule is CC(=O)OCCCO.CN(C)C.N. The molecule has 0 aromatic rings. The number of aliphatic hydroxyl groups excluding tert-OH is 1. The van der Waals surface area contributed by atoms with Gasteiger partial charge in [0.05, 0.1) is 6.61 Å². The Morgan fingerprint density at radius 2 is 1.77 bits per heavy atom. The minimum atomic E-state index is -0.293. The normalized spacial score (nSPS) is 8.15. The number of hydrogen-bond donors (Lipinski definition) is 2. The second-order valence-corrected chi connectivity index (χ2v) is 2.76. The average molecular weight is 194 g/mol. The first-order valence-corrected chi connectivity index (χ1v) is 3.85. The lowest BCUT2D eigenvalue weighted by molar-refractivity contribution is -0.141. The Morgan fingerprint density at radius 1 is 1.38 bits per heavy atom. The van der Waals surface area contributed by atoms with Crippen molar-refractivity contribution in [1.82, 2.24) is 11.1 Å². The maximum absolute atomic E-state index is 10.0. The fourth-order valence-electron chi connectivity index (χ4n) is 0.280. The Balaban J connectivity index is -0.000000173. The topological polar surface area (TPSA) is 84.8 Å². The third kappa shape index (κ3) is 52.4. The first-order valence-electron chi connectivity index (χ1n) is 3.85. The molecule has 0 saturated carbocycles. The number of rotatable bonds is 3. The van der Waals surface area contributed by atoms with Crippen LogP contribution in [0.15, 0.2) is 0 Å². The monoisotopic (exact) mass is 194 g/mol. The summed E-state index contributed by atoms with van der Waals surface area (Å²) in [5, 5.41) is 8.19. The second kappa shape index (κ2) is 13.9. The summed E-state index contributed by atoms with van der Waals surface area (Å²) in [6.45, 7) is 1.75. The van der Waals surface area contributed by atoms with Gasteiger partial charge in [0.1, 0.15) is 0 Å². The molecule has 0 bridgehead atoms. The lowest BCUT2D eigenvalue weighted by Gasteiger charge is -1.96. The number of nitrogens with zero attached hydrogens (tertiary/aromatic N) is 1. The zero-order valence-electron chi connectivity index (χ0n) is 9.04. The van der Waals surface area contributed by atoms with Crippen molar-refractivity contribution in [3.63, 3.8) is 0 Å². The summed E-state index contributed by atoms with van der Waals surface area (Å²) in [6.07, 6.45) is 0.527. The lowest BCUT2D eigenvalue weighted by Crippen LogP contribution is -2.01. The van der Waals surface area contributed by atoms with Gasteiger partial charge in [-0.05, 0) is 21.1 Å². The first-order chi connectivity index (χ1) is 5.50. The number of hydrogen-bond acceptors (Lipinski definition) is 5. The molecule has 0 unspecified atom stereocenters. The van der Waals surface area contributed by atoms with Gasteiger partial charge in [0, 0.05) is 20.0 Å². The molecule has 0 aliphatic heterocycles. The van der Waals surface area contributed by atoms with Crippen LogP contribution in [-0.2, 0) is 9.53 Å². The molecule has 0 fully saturated rings. The highest BCUT2D eigenvalue weighted by molar-refractivity contribution is 5.65. The van der Waals surface area contributed by atoms with Crippen LogP contribution in [0.5, 0.6) is 0 Å². The molecule has 0 aromatic heterocycles. The van der Waals surface area contributed by atoms with Crippen molar-refractivity contribution in [1.29, 1.82) is 0 Å². The van der Waals surface area contributed by atoms with Crippen LogP contribution in [0.3, 0.4) is 0 Å². The van der Waals surface area contributed by atoms with E-state index >= 15 is 0 Å². The molecule has 0 aliphatic carbocycles. The Labute approximate surface area is 80.3 Å². The smallest absolute Gasteiger partial charge is 0.302 e. The first kappa shape index (κ1) is 18.2. The van der Waals surface area contributed by atoms with E-state index in [0.717, 1.165) is 0 Å². The van der Waals surface area contributed by atoms with Gasteiger partial charge in [-0.25, -0.2) is 0 Å². The van der Waals surface area contributed by atoms with E-state index in [1.165, 1.54) is 6.92 Å². The molecule has 0 heterocycles. The minimum absolute atomic E-state index is 0. The van der Waals surface area contributed by atoms with Crippen molar-refractivity contribution in [3.8, 4) is 0 Å². The van der Waals surface area contributed by atoms with E-state index in [-0.39, 0.29) is 18.7 Å². The fourth-order valence-corrected chi connectivity index (χ4v) is 0.280. The number of carbonyl (C=O) groups is 1. The Bertz CT molecular complexity index is 105. The van der Waals surface area contributed by atoms with E-state index in [9.17, 15) is 4.79 Å². The number of esters is 1. The summed E-state index contributed by atoms with van der Waals surface area (Å²) in [6, 6.07) is 0. The maximum Gasteiger partial charge on any atom is 0.302 e. The predicted molar refractivity (Wildman–Crippen MR) is 53.0 cm³/mol. The largest absolute Gasteiger partial charge is 0.466 e. The van der Waals surface area contributed by atoms with E-state index in [4.69, 9.17) is 5.11 Å². The van der Waals surface area contributed by atoms with Crippen LogP contribution in [0.25, 0.3) is 0 Å². The summed E-state index contributed by atoms with van der Waals surface area (Å²) in [4.78, 5) is 12.0. The van der Waals surface area contributed by atoms with Gasteiger partial charge >= 0.3 is 5.97 Å². The van der Waals surface area contributed by atoms with E-state index in [1.54, 1.807) is 0 Å². The molecule has 5 heteroatoms. The van der Waals surface area contributed by atoms with Crippen LogP contribution in [0.2, 0.25) is 0 Å². The molecule has 0 radical (unpaired) electrons. The Hall–Kier alpha value is -0.650. The van der Waals surface area contributed by atoms with Crippen molar-refractivity contribution in [2.75, 3.05) is 34.4 Å². The summed E-state index contributed by atoms with van der Waals surface area (Å²) in [5.74, 6) is -0.293. The molecule has 4 N–H and O–H groups in total. The zero-order valence-corrected chi connectivity index (χ0v) is 9.04. The van der Waals surface area contributed by atoms with Crippen LogP contribution in [-0.4, -0.2) is 50.3 Å². The number of ether oxygens (including phenoxy) is 1. The van der Waals surface area contributed by atoms with E-state index < -0.39 is 0 Å². The van der Waals surface area contributed by atoms with Crippen molar-refractivity contribution >= 4 is 5.97 Å². The Morgan fingerprint density at radius 3 is 2.00 bits per heavy atom. The molecule has 13 heavy (non-hydrogen) atoms. The summed E-state index contributed by atoms with van der Waals surface area (Å²) in [7, 11) is 6.00. The number of carbonyl (C=O) groups excluding carboxylic acids is 1. The molecule has 0 atom stereocenters. The summed E-state index contributed by atoms with van der Waals surface area (Å²) in [5.41, 5.74) is 0. The van der Waals surface area contributed by atoms with Gasteiger partial charge in [-0.3, -0.25) is 4.79 Å². The van der Waals surface area contributed by atoms with E-state index in [2.05, 4.69) is 4.74 Å². The highest BCUT2D eigenvalue weighted by Crippen LogP contribution is 1.79. The number of aliphatic hydroxyl groups is 1. The lowest BCUT2D eigenvalue weighted by atomic mass is 10.5. The summed E-state index contributed by atoms with van der Waals surface area (Å²) < 4.78 is 4.48. The fraction of sp³-hybridized carbons (Fsp3) is 0.875. The van der Waals surface area contributed by atoms with Crippen LogP contribution in [0.1, 0.15) is 13.3 Å². The van der Waals surface area contributed by atoms with Crippen molar-refractivity contribution in [3.05, 3.63) is 0 Å². The van der Waals surface area contributed by atoms with Crippen molar-refractivity contribution in [2.45, 2.75) is 13.3 Å². The molecule has 0 rings (SSSR count). The molecule has 0 aliphatic rings. The van der Waals surface area contributed by atoms with E-state index in [1.807, 2.05) is 26.0 Å². The van der Waals surface area contributed by atoms with Crippen molar-refractivity contribution < 1.29 is 14.6 Å². The molecule has 82 valence electrons. The van der Waals surface area contributed by atoms with Gasteiger partial charge in [-0.2, -0.15) is 0 Å². The molecule has 0 spiro atoms. The quantitative estimate of drug-likeness (QED) is 0.497. The van der Waals surface area contributed by atoms with Crippen LogP contribution < -0.4 is 6.15 Å². The van der Waals surface area contributed by atoms with Crippen LogP contribution >= 0.6 is 0 Å². The predicted octanol–water partition coefficient (Wildman–Crippen LogP) is 0.272. The summed E-state index contributed by atoms with van der Waals surface area (Å²) >= 11 is 0. The standard InChI is InChI=1S/C5H10O3.C3H9N.H3N/c1-5(7)8-4-2-3-6;1-4(2)3;/h6H,2-4H2,1H3;1-3H3;1H3. The minimum Gasteiger partial charge on any atom is -0.466 e. The molecule has 5 nitrogen and oxygen atoms in total. The van der Waals surface area contributed by atoms with Crippen LogP contribution in [0.4, 0.5) is 0 Å². The van der Waals surface area contributed by atoms with Crippen LogP contribution in [0, 0.1) is 0 Å². The Kier molecular flexibility index (Phi) is 19.5. The third-order valence-corrected chi connectivity index (χ3v) is 0.608. The zero-order chi connectivity index (χ0) is 9.98. The maximum atomic E-state index is 10.0.